The first kappa shape index (κ1) is 23.0. The molecule has 1 atom stereocenters. The maximum absolute atomic E-state index is 14.7. The van der Waals surface area contributed by atoms with Crippen LogP contribution in [0.25, 0.3) is 11.1 Å². The molecule has 164 valence electrons. The zero-order valence-electron chi connectivity index (χ0n) is 19.5. The van der Waals surface area contributed by atoms with Crippen LogP contribution < -0.4 is 0 Å². The highest BCUT2D eigenvalue weighted by atomic mass is 19.1. The number of rotatable bonds is 5. The maximum Gasteiger partial charge on any atom is 0.128 e. The summed E-state index contributed by atoms with van der Waals surface area (Å²) in [4.78, 5) is 5.06. The number of piperidine rings is 1. The van der Waals surface area contributed by atoms with Crippen LogP contribution in [-0.2, 0) is 6.54 Å². The molecular weight excluding hydrogens is 371 g/mol. The molecule has 3 heteroatoms. The number of nitrogens with zero attached hydrogens (tertiary/aromatic N) is 2. The Hall–Kier alpha value is -1.71. The van der Waals surface area contributed by atoms with Crippen molar-refractivity contribution in [2.24, 2.45) is 5.41 Å². The van der Waals surface area contributed by atoms with Gasteiger partial charge in [-0.05, 0) is 68.8 Å². The second-order valence-electron chi connectivity index (χ2n) is 9.11. The lowest BCUT2D eigenvalue weighted by atomic mass is 9.71. The van der Waals surface area contributed by atoms with Gasteiger partial charge in [-0.2, -0.15) is 0 Å². The quantitative estimate of drug-likeness (QED) is 0.553. The Morgan fingerprint density at radius 2 is 1.67 bits per heavy atom. The van der Waals surface area contributed by atoms with Crippen molar-refractivity contribution in [2.75, 3.05) is 26.2 Å². The van der Waals surface area contributed by atoms with E-state index in [-0.39, 0.29) is 5.82 Å². The summed E-state index contributed by atoms with van der Waals surface area (Å²) in [6.45, 7) is 16.1. The number of halogens is 1. The Labute approximate surface area is 183 Å². The molecule has 30 heavy (non-hydrogen) atoms. The number of aryl methyl sites for hydroxylation is 1. The van der Waals surface area contributed by atoms with Crippen molar-refractivity contribution in [3.63, 3.8) is 0 Å². The Kier molecular flexibility index (Phi) is 7.70. The van der Waals surface area contributed by atoms with Crippen LogP contribution in [0, 0.1) is 18.2 Å². The summed E-state index contributed by atoms with van der Waals surface area (Å²) in [5.41, 5.74) is 4.56. The van der Waals surface area contributed by atoms with E-state index in [1.54, 1.807) is 6.07 Å². The van der Waals surface area contributed by atoms with E-state index in [1.165, 1.54) is 37.9 Å². The second-order valence-corrected chi connectivity index (χ2v) is 9.11. The van der Waals surface area contributed by atoms with Gasteiger partial charge >= 0.3 is 0 Å². The minimum atomic E-state index is -0.0773. The molecule has 2 aromatic rings. The first-order valence-electron chi connectivity index (χ1n) is 11.8. The molecule has 2 heterocycles. The van der Waals surface area contributed by atoms with E-state index in [4.69, 9.17) is 0 Å². The molecule has 2 nitrogen and oxygen atoms in total. The van der Waals surface area contributed by atoms with Crippen LogP contribution >= 0.6 is 0 Å². The number of likely N-dealkylation sites (tertiary alicyclic amines) is 2. The molecule has 0 saturated carbocycles. The van der Waals surface area contributed by atoms with Crippen molar-refractivity contribution in [3.8, 4) is 11.1 Å². The van der Waals surface area contributed by atoms with Crippen LogP contribution in [0.1, 0.15) is 58.1 Å². The molecule has 2 aromatic carbocycles. The van der Waals surface area contributed by atoms with Gasteiger partial charge in [0, 0.05) is 31.2 Å². The monoisotopic (exact) mass is 410 g/mol. The van der Waals surface area contributed by atoms with Gasteiger partial charge in [0.15, 0.2) is 0 Å². The van der Waals surface area contributed by atoms with Crippen molar-refractivity contribution in [2.45, 2.75) is 66.5 Å². The fourth-order valence-electron chi connectivity index (χ4n) is 4.95. The van der Waals surface area contributed by atoms with Gasteiger partial charge in [-0.3, -0.25) is 4.90 Å². The lowest BCUT2D eigenvalue weighted by Crippen LogP contribution is -2.60. The van der Waals surface area contributed by atoms with E-state index in [0.29, 0.717) is 11.5 Å². The number of hydrogen-bond acceptors (Lipinski definition) is 2. The average Bonchev–Trinajstić information content (AvgIpc) is 2.75. The van der Waals surface area contributed by atoms with Gasteiger partial charge in [0.1, 0.15) is 5.82 Å². The zero-order chi connectivity index (χ0) is 21.7. The Morgan fingerprint density at radius 1 is 1.00 bits per heavy atom. The molecule has 0 aliphatic carbocycles. The van der Waals surface area contributed by atoms with E-state index >= 15 is 0 Å². The molecule has 1 spiro atoms. The zero-order valence-corrected chi connectivity index (χ0v) is 19.5. The van der Waals surface area contributed by atoms with Crippen LogP contribution in [0.5, 0.6) is 0 Å². The van der Waals surface area contributed by atoms with Crippen molar-refractivity contribution in [1.29, 1.82) is 0 Å². The summed E-state index contributed by atoms with van der Waals surface area (Å²) in [5.74, 6) is -0.0773. The molecule has 2 fully saturated rings. The molecule has 0 N–H and O–H groups in total. The first-order valence-corrected chi connectivity index (χ1v) is 11.8. The number of benzene rings is 2. The summed E-state index contributed by atoms with van der Waals surface area (Å²) in [7, 11) is 0. The van der Waals surface area contributed by atoms with E-state index in [9.17, 15) is 4.39 Å². The topological polar surface area (TPSA) is 6.48 Å². The van der Waals surface area contributed by atoms with Gasteiger partial charge in [0.05, 0.1) is 0 Å². The molecule has 2 aliphatic heterocycles. The van der Waals surface area contributed by atoms with Gasteiger partial charge in [-0.1, -0.05) is 62.7 Å². The summed E-state index contributed by atoms with van der Waals surface area (Å²) < 4.78 is 14.7. The molecule has 2 aliphatic rings. The Balaban J connectivity index is 0.00000124. The van der Waals surface area contributed by atoms with Gasteiger partial charge in [-0.15, -0.1) is 0 Å². The third-order valence-corrected chi connectivity index (χ3v) is 6.99. The van der Waals surface area contributed by atoms with Crippen LogP contribution in [0.3, 0.4) is 0 Å². The molecule has 1 unspecified atom stereocenters. The highest BCUT2D eigenvalue weighted by Gasteiger charge is 2.44. The van der Waals surface area contributed by atoms with E-state index in [0.717, 1.165) is 36.3 Å². The fourth-order valence-corrected chi connectivity index (χ4v) is 4.95. The highest BCUT2D eigenvalue weighted by molar-refractivity contribution is 5.64. The summed E-state index contributed by atoms with van der Waals surface area (Å²) in [5, 5.41) is 0. The molecular formula is C27H39FN2. The third kappa shape index (κ3) is 5.12. The Morgan fingerprint density at radius 3 is 2.27 bits per heavy atom. The minimum Gasteiger partial charge on any atom is -0.301 e. The van der Waals surface area contributed by atoms with E-state index in [2.05, 4.69) is 48.8 Å². The first-order chi connectivity index (χ1) is 14.5. The predicted molar refractivity (Wildman–Crippen MR) is 126 cm³/mol. The molecule has 0 amide bonds. The second kappa shape index (κ2) is 10.1. The smallest absolute Gasteiger partial charge is 0.128 e. The van der Waals surface area contributed by atoms with E-state index < -0.39 is 0 Å². The van der Waals surface area contributed by atoms with Crippen molar-refractivity contribution < 1.29 is 4.39 Å². The fraction of sp³-hybridized carbons (Fsp3) is 0.556. The van der Waals surface area contributed by atoms with Gasteiger partial charge < -0.3 is 4.90 Å². The molecule has 0 radical (unpaired) electrons. The van der Waals surface area contributed by atoms with Crippen molar-refractivity contribution in [1.82, 2.24) is 9.80 Å². The molecule has 4 rings (SSSR count). The number of hydrogen-bond donors (Lipinski definition) is 0. The van der Waals surface area contributed by atoms with E-state index in [1.807, 2.05) is 32.0 Å². The van der Waals surface area contributed by atoms with Crippen molar-refractivity contribution in [3.05, 3.63) is 59.4 Å². The van der Waals surface area contributed by atoms with Crippen LogP contribution in [0.15, 0.2) is 42.5 Å². The SMILES string of the molecule is CC.CCC(C)N1CCC2(CC1)CN(Cc1ccc(-c3cccc(C)c3)cc1F)C2. The standard InChI is InChI=1S/C25H33FN2.C2H6/c1-4-20(3)28-12-10-25(11-13-28)17-27(18-25)16-23-9-8-22(15-24(23)26)21-7-5-6-19(2)14-21;1-2/h5-9,14-15,20H,4,10-13,16-18H2,1-3H3;1-2H3. The summed E-state index contributed by atoms with van der Waals surface area (Å²) in [6, 6.07) is 14.7. The summed E-state index contributed by atoms with van der Waals surface area (Å²) in [6.07, 6.45) is 3.82. The van der Waals surface area contributed by atoms with Crippen LogP contribution in [0.4, 0.5) is 4.39 Å². The average molecular weight is 411 g/mol. The lowest BCUT2D eigenvalue weighted by molar-refractivity contribution is -0.0574. The highest BCUT2D eigenvalue weighted by Crippen LogP contribution is 2.41. The maximum atomic E-state index is 14.7. The van der Waals surface area contributed by atoms with Crippen molar-refractivity contribution >= 4 is 0 Å². The molecule has 2 saturated heterocycles. The normalized spacial score (nSPS) is 19.7. The van der Waals surface area contributed by atoms with Gasteiger partial charge in [0.25, 0.3) is 0 Å². The van der Waals surface area contributed by atoms with Crippen LogP contribution in [-0.4, -0.2) is 42.0 Å². The molecule has 0 bridgehead atoms. The minimum absolute atomic E-state index is 0.0773. The summed E-state index contributed by atoms with van der Waals surface area (Å²) >= 11 is 0. The van der Waals surface area contributed by atoms with Gasteiger partial charge in [-0.25, -0.2) is 4.39 Å². The third-order valence-electron chi connectivity index (χ3n) is 6.99. The van der Waals surface area contributed by atoms with Gasteiger partial charge in [0.2, 0.25) is 0 Å². The Bertz CT molecular complexity index is 815. The van der Waals surface area contributed by atoms with Crippen LogP contribution in [0.2, 0.25) is 0 Å². The molecule has 0 aromatic heterocycles. The largest absolute Gasteiger partial charge is 0.301 e. The lowest BCUT2D eigenvalue weighted by Gasteiger charge is -2.55. The predicted octanol–water partition coefficient (Wildman–Crippen LogP) is 6.52.